The van der Waals surface area contributed by atoms with Gasteiger partial charge in [-0.1, -0.05) is 0 Å². The highest BCUT2D eigenvalue weighted by atomic mass is 16.5. The monoisotopic (exact) mass is 154 g/mol. The lowest BCUT2D eigenvalue weighted by Crippen LogP contribution is -2.39. The van der Waals surface area contributed by atoms with Crippen molar-refractivity contribution >= 4 is 0 Å². The van der Waals surface area contributed by atoms with Crippen molar-refractivity contribution in [1.82, 2.24) is 4.90 Å². The Morgan fingerprint density at radius 2 is 2.09 bits per heavy atom. The van der Waals surface area contributed by atoms with Crippen LogP contribution < -0.4 is 0 Å². The first kappa shape index (κ1) is 7.56. The quantitative estimate of drug-likeness (QED) is 0.560. The Morgan fingerprint density at radius 1 is 1.27 bits per heavy atom. The molecule has 0 aliphatic carbocycles. The maximum atomic E-state index is 5.36. The Hall–Kier alpha value is -0.0800. The molecule has 0 aromatic heterocycles. The van der Waals surface area contributed by atoms with Gasteiger partial charge in [0.05, 0.1) is 6.61 Å². The highest BCUT2D eigenvalue weighted by molar-refractivity contribution is 4.83. The molecule has 2 heterocycles. The Bertz CT molecular complexity index is 115. The summed E-state index contributed by atoms with van der Waals surface area (Å²) >= 11 is 0. The van der Waals surface area contributed by atoms with Gasteiger partial charge in [-0.05, 0) is 38.8 Å². The summed E-state index contributed by atoms with van der Waals surface area (Å²) in [7, 11) is 0. The van der Waals surface area contributed by atoms with Crippen LogP contribution in [0, 0.1) is 6.42 Å². The predicted octanol–water partition coefficient (Wildman–Crippen LogP) is 1.08. The fourth-order valence-corrected chi connectivity index (χ4v) is 1.95. The van der Waals surface area contributed by atoms with Crippen molar-refractivity contribution in [2.24, 2.45) is 0 Å². The predicted molar refractivity (Wildman–Crippen MR) is 44.3 cm³/mol. The molecule has 11 heavy (non-hydrogen) atoms. The van der Waals surface area contributed by atoms with Crippen LogP contribution in [0.15, 0.2) is 0 Å². The minimum absolute atomic E-state index is 0.740. The van der Waals surface area contributed by atoms with Crippen LogP contribution in [0.2, 0.25) is 0 Å². The third kappa shape index (κ3) is 1.74. The molecule has 0 amide bonds. The van der Waals surface area contributed by atoms with Gasteiger partial charge in [0.2, 0.25) is 0 Å². The summed E-state index contributed by atoms with van der Waals surface area (Å²) in [6.07, 6.45) is 6.19. The van der Waals surface area contributed by atoms with E-state index in [0.717, 1.165) is 19.3 Å². The molecule has 2 heteroatoms. The molecule has 1 unspecified atom stereocenters. The van der Waals surface area contributed by atoms with Crippen LogP contribution in [0.5, 0.6) is 0 Å². The zero-order valence-corrected chi connectivity index (χ0v) is 6.96. The van der Waals surface area contributed by atoms with E-state index in [0.29, 0.717) is 0 Å². The van der Waals surface area contributed by atoms with Gasteiger partial charge in [0.15, 0.2) is 0 Å². The van der Waals surface area contributed by atoms with Crippen LogP contribution >= 0.6 is 0 Å². The van der Waals surface area contributed by atoms with Gasteiger partial charge in [-0.15, -0.1) is 0 Å². The molecule has 2 fully saturated rings. The molecule has 2 aliphatic rings. The standard InChI is InChI=1S/C9H16NO/c1-2-5-10(6-3-1)9-4-7-11-8-9/h1,9H,2-8H2. The highest BCUT2D eigenvalue weighted by Crippen LogP contribution is 2.17. The van der Waals surface area contributed by atoms with Gasteiger partial charge in [0, 0.05) is 12.6 Å². The van der Waals surface area contributed by atoms with Crippen molar-refractivity contribution in [3.63, 3.8) is 0 Å². The summed E-state index contributed by atoms with van der Waals surface area (Å²) in [5.41, 5.74) is 0. The van der Waals surface area contributed by atoms with Crippen molar-refractivity contribution in [1.29, 1.82) is 0 Å². The largest absolute Gasteiger partial charge is 0.380 e. The number of ether oxygens (including phenoxy) is 1. The number of piperidine rings is 1. The molecule has 0 aromatic carbocycles. The van der Waals surface area contributed by atoms with Gasteiger partial charge in [0.1, 0.15) is 0 Å². The van der Waals surface area contributed by atoms with Crippen molar-refractivity contribution in [2.75, 3.05) is 26.3 Å². The Kier molecular flexibility index (Phi) is 2.44. The molecule has 0 spiro atoms. The first-order chi connectivity index (χ1) is 5.47. The van der Waals surface area contributed by atoms with E-state index < -0.39 is 0 Å². The summed E-state index contributed by atoms with van der Waals surface area (Å²) in [5.74, 6) is 0. The van der Waals surface area contributed by atoms with Crippen LogP contribution in [-0.4, -0.2) is 37.2 Å². The van der Waals surface area contributed by atoms with E-state index in [4.69, 9.17) is 4.74 Å². The summed E-state index contributed by atoms with van der Waals surface area (Å²) in [6, 6.07) is 0.740. The maximum absolute atomic E-state index is 5.36. The van der Waals surface area contributed by atoms with Crippen molar-refractivity contribution in [3.8, 4) is 0 Å². The third-order valence-corrected chi connectivity index (χ3v) is 2.66. The summed E-state index contributed by atoms with van der Waals surface area (Å²) in [4.78, 5) is 2.58. The van der Waals surface area contributed by atoms with Gasteiger partial charge < -0.3 is 4.74 Å². The first-order valence-electron chi connectivity index (χ1n) is 4.60. The molecule has 2 rings (SSSR count). The molecule has 2 saturated heterocycles. The Labute approximate surface area is 68.5 Å². The minimum Gasteiger partial charge on any atom is -0.380 e. The van der Waals surface area contributed by atoms with E-state index >= 15 is 0 Å². The van der Waals surface area contributed by atoms with Crippen LogP contribution in [0.25, 0.3) is 0 Å². The number of nitrogens with zero attached hydrogens (tertiary/aromatic N) is 1. The Morgan fingerprint density at radius 3 is 2.73 bits per heavy atom. The van der Waals surface area contributed by atoms with Crippen molar-refractivity contribution < 1.29 is 4.74 Å². The molecule has 2 nitrogen and oxygen atoms in total. The zero-order chi connectivity index (χ0) is 7.52. The lowest BCUT2D eigenvalue weighted by Gasteiger charge is -2.30. The average Bonchev–Trinajstić information content (AvgIpc) is 2.58. The molecular formula is C9H16NO. The summed E-state index contributed by atoms with van der Waals surface area (Å²) < 4.78 is 5.36. The average molecular weight is 154 g/mol. The van der Waals surface area contributed by atoms with Gasteiger partial charge in [0.25, 0.3) is 0 Å². The lowest BCUT2D eigenvalue weighted by atomic mass is 10.1. The van der Waals surface area contributed by atoms with Crippen LogP contribution in [0.3, 0.4) is 0 Å². The smallest absolute Gasteiger partial charge is 0.0622 e. The first-order valence-corrected chi connectivity index (χ1v) is 4.60. The van der Waals surface area contributed by atoms with Gasteiger partial charge in [-0.3, -0.25) is 4.90 Å². The van der Waals surface area contributed by atoms with Gasteiger partial charge in [-0.25, -0.2) is 0 Å². The second kappa shape index (κ2) is 3.55. The van der Waals surface area contributed by atoms with Crippen molar-refractivity contribution in [2.45, 2.75) is 25.3 Å². The van der Waals surface area contributed by atoms with E-state index in [-0.39, 0.29) is 0 Å². The van der Waals surface area contributed by atoms with E-state index in [1.807, 2.05) is 0 Å². The molecule has 1 radical (unpaired) electrons. The Balaban J connectivity index is 1.82. The maximum Gasteiger partial charge on any atom is 0.0622 e. The second-order valence-corrected chi connectivity index (χ2v) is 3.42. The molecule has 2 aliphatic heterocycles. The number of hydrogen-bond acceptors (Lipinski definition) is 2. The van der Waals surface area contributed by atoms with Gasteiger partial charge in [-0.2, -0.15) is 0 Å². The van der Waals surface area contributed by atoms with Crippen LogP contribution in [-0.2, 0) is 4.74 Å². The molecule has 63 valence electrons. The minimum atomic E-state index is 0.740. The normalized spacial score (nSPS) is 34.4. The number of likely N-dealkylation sites (tertiary alicyclic amines) is 1. The summed E-state index contributed by atoms with van der Waals surface area (Å²) in [5, 5.41) is 0. The van der Waals surface area contributed by atoms with E-state index in [1.165, 1.54) is 32.4 Å². The molecular weight excluding hydrogens is 138 g/mol. The highest BCUT2D eigenvalue weighted by Gasteiger charge is 2.23. The van der Waals surface area contributed by atoms with E-state index in [9.17, 15) is 0 Å². The summed E-state index contributed by atoms with van der Waals surface area (Å²) in [6.45, 7) is 4.47. The molecule has 0 bridgehead atoms. The second-order valence-electron chi connectivity index (χ2n) is 3.42. The SMILES string of the molecule is [CH]1CCN(C2CCOC2)CC1. The topological polar surface area (TPSA) is 12.5 Å². The number of hydrogen-bond donors (Lipinski definition) is 0. The fourth-order valence-electron chi connectivity index (χ4n) is 1.95. The third-order valence-electron chi connectivity index (χ3n) is 2.66. The van der Waals surface area contributed by atoms with E-state index in [2.05, 4.69) is 11.3 Å². The molecule has 0 N–H and O–H groups in total. The van der Waals surface area contributed by atoms with Crippen LogP contribution in [0.1, 0.15) is 19.3 Å². The lowest BCUT2D eigenvalue weighted by molar-refractivity contribution is 0.137. The molecule has 1 atom stereocenters. The van der Waals surface area contributed by atoms with Crippen molar-refractivity contribution in [3.05, 3.63) is 6.42 Å². The van der Waals surface area contributed by atoms with E-state index in [1.54, 1.807) is 0 Å². The fraction of sp³-hybridized carbons (Fsp3) is 0.889. The van der Waals surface area contributed by atoms with Gasteiger partial charge >= 0.3 is 0 Å². The van der Waals surface area contributed by atoms with Crippen LogP contribution in [0.4, 0.5) is 0 Å². The number of rotatable bonds is 1. The molecule has 0 aromatic rings. The zero-order valence-electron chi connectivity index (χ0n) is 6.96. The molecule has 0 saturated carbocycles.